The Kier molecular flexibility index (Phi) is 2.92. The molecule has 0 aliphatic rings. The molecule has 0 unspecified atom stereocenters. The van der Waals surface area contributed by atoms with Crippen molar-refractivity contribution >= 4 is 29.0 Å². The van der Waals surface area contributed by atoms with Crippen LogP contribution in [0.15, 0.2) is 12.3 Å². The van der Waals surface area contributed by atoms with Crippen LogP contribution in [-0.4, -0.2) is 9.78 Å². The lowest BCUT2D eigenvalue weighted by Crippen LogP contribution is -2.08. The number of nitrogens with zero attached hydrogens (tertiary/aromatic N) is 2. The highest BCUT2D eigenvalue weighted by Gasteiger charge is 2.25. The second-order valence-corrected chi connectivity index (χ2v) is 3.84. The maximum Gasteiger partial charge on any atom is 0.187 e. The molecule has 0 saturated carbocycles. The van der Waals surface area contributed by atoms with E-state index in [-0.39, 0.29) is 5.82 Å². The van der Waals surface area contributed by atoms with Gasteiger partial charge in [-0.3, -0.25) is 0 Å². The van der Waals surface area contributed by atoms with E-state index < -0.39 is 33.2 Å². The molecule has 90 valence electrons. The molecule has 1 heterocycles. The summed E-state index contributed by atoms with van der Waals surface area (Å²) in [5.74, 6) is -4.25. The van der Waals surface area contributed by atoms with Crippen LogP contribution in [-0.2, 0) is 0 Å². The van der Waals surface area contributed by atoms with E-state index in [4.69, 9.17) is 28.9 Å². The first kappa shape index (κ1) is 12.1. The third kappa shape index (κ3) is 1.73. The largest absolute Gasteiger partial charge is 0.384 e. The van der Waals surface area contributed by atoms with Crippen LogP contribution in [0.1, 0.15) is 0 Å². The van der Waals surface area contributed by atoms with E-state index in [0.29, 0.717) is 0 Å². The van der Waals surface area contributed by atoms with E-state index in [9.17, 15) is 13.2 Å². The second-order valence-electron chi connectivity index (χ2n) is 3.09. The number of nitrogens with two attached hydrogens (primary N) is 1. The molecule has 0 saturated heterocycles. The summed E-state index contributed by atoms with van der Waals surface area (Å²) in [5, 5.41) is 1.91. The van der Waals surface area contributed by atoms with E-state index in [1.807, 2.05) is 0 Å². The first-order valence-electron chi connectivity index (χ1n) is 4.26. The average molecular weight is 282 g/mol. The first-order chi connectivity index (χ1) is 7.95. The lowest BCUT2D eigenvalue weighted by atomic mass is 10.2. The molecule has 2 N–H and O–H groups in total. The number of aromatic nitrogens is 2. The minimum absolute atomic E-state index is 0.0214. The van der Waals surface area contributed by atoms with Gasteiger partial charge in [0.15, 0.2) is 17.5 Å². The quantitative estimate of drug-likeness (QED) is 0.645. The number of benzene rings is 1. The monoisotopic (exact) mass is 281 g/mol. The predicted molar refractivity (Wildman–Crippen MR) is 57.9 cm³/mol. The highest BCUT2D eigenvalue weighted by molar-refractivity contribution is 6.36. The molecule has 0 aliphatic carbocycles. The zero-order valence-electron chi connectivity index (χ0n) is 8.02. The van der Waals surface area contributed by atoms with Crippen molar-refractivity contribution in [1.82, 2.24) is 9.78 Å². The molecule has 8 heteroatoms. The van der Waals surface area contributed by atoms with E-state index >= 15 is 0 Å². The Morgan fingerprint density at radius 1 is 1.06 bits per heavy atom. The molecule has 2 aromatic rings. The lowest BCUT2D eigenvalue weighted by molar-refractivity contribution is 0.489. The molecule has 0 amide bonds. The molecule has 17 heavy (non-hydrogen) atoms. The number of rotatable bonds is 1. The number of hydrogen-bond donors (Lipinski definition) is 1. The molecule has 0 radical (unpaired) electrons. The Hall–Kier alpha value is -1.40. The van der Waals surface area contributed by atoms with Crippen LogP contribution < -0.4 is 5.73 Å². The molecular weight excluding hydrogens is 278 g/mol. The Balaban J connectivity index is 2.84. The van der Waals surface area contributed by atoms with Gasteiger partial charge >= 0.3 is 0 Å². The smallest absolute Gasteiger partial charge is 0.187 e. The van der Waals surface area contributed by atoms with Gasteiger partial charge in [-0.05, 0) is 0 Å². The van der Waals surface area contributed by atoms with Gasteiger partial charge in [-0.2, -0.15) is 5.10 Å². The summed E-state index contributed by atoms with van der Waals surface area (Å²) in [5.41, 5.74) is 4.83. The van der Waals surface area contributed by atoms with Crippen molar-refractivity contribution in [2.45, 2.75) is 0 Å². The van der Waals surface area contributed by atoms with Gasteiger partial charge in [0.1, 0.15) is 21.6 Å². The van der Waals surface area contributed by atoms with Gasteiger partial charge in [-0.1, -0.05) is 23.2 Å². The summed E-state index contributed by atoms with van der Waals surface area (Å²) in [7, 11) is 0. The molecule has 0 fully saturated rings. The number of nitrogen functional groups attached to an aromatic ring is 1. The maximum absolute atomic E-state index is 13.6. The zero-order chi connectivity index (χ0) is 12.7. The fraction of sp³-hybridized carbons (Fsp3) is 0. The Labute approximate surface area is 104 Å². The van der Waals surface area contributed by atoms with Gasteiger partial charge in [0, 0.05) is 6.07 Å². The van der Waals surface area contributed by atoms with Crippen molar-refractivity contribution in [3.63, 3.8) is 0 Å². The second kappa shape index (κ2) is 4.12. The van der Waals surface area contributed by atoms with Crippen molar-refractivity contribution < 1.29 is 13.2 Å². The van der Waals surface area contributed by atoms with Crippen molar-refractivity contribution in [2.24, 2.45) is 0 Å². The molecule has 3 nitrogen and oxygen atoms in total. The summed E-state index contributed by atoms with van der Waals surface area (Å²) in [4.78, 5) is 0. The molecular formula is C9H4Cl2F3N3. The van der Waals surface area contributed by atoms with E-state index in [1.54, 1.807) is 0 Å². The maximum atomic E-state index is 13.6. The number of halogens is 5. The van der Waals surface area contributed by atoms with Crippen LogP contribution in [0.4, 0.5) is 19.0 Å². The molecule has 0 spiro atoms. The molecule has 0 atom stereocenters. The zero-order valence-corrected chi connectivity index (χ0v) is 9.53. The van der Waals surface area contributed by atoms with E-state index in [0.717, 1.165) is 4.68 Å². The van der Waals surface area contributed by atoms with Crippen molar-refractivity contribution in [1.29, 1.82) is 0 Å². The molecule has 1 aromatic heterocycles. The van der Waals surface area contributed by atoms with Gasteiger partial charge in [0.05, 0.1) is 6.20 Å². The molecule has 2 rings (SSSR count). The number of hydrogen-bond acceptors (Lipinski definition) is 2. The molecule has 1 aromatic carbocycles. The summed E-state index contributed by atoms with van der Waals surface area (Å²) in [6.07, 6.45) is 1.23. The lowest BCUT2D eigenvalue weighted by Gasteiger charge is -2.10. The van der Waals surface area contributed by atoms with Gasteiger partial charge in [0.2, 0.25) is 0 Å². The molecule has 0 bridgehead atoms. The minimum atomic E-state index is -1.54. The van der Waals surface area contributed by atoms with Crippen molar-refractivity contribution in [3.05, 3.63) is 39.8 Å². The van der Waals surface area contributed by atoms with Crippen molar-refractivity contribution in [2.75, 3.05) is 5.73 Å². The third-order valence-corrected chi connectivity index (χ3v) is 2.75. The summed E-state index contributed by atoms with van der Waals surface area (Å²) in [6, 6.07) is 1.32. The predicted octanol–water partition coefficient (Wildman–Crippen LogP) is 3.18. The Morgan fingerprint density at radius 2 is 1.71 bits per heavy atom. The Morgan fingerprint density at radius 3 is 2.24 bits per heavy atom. The van der Waals surface area contributed by atoms with Gasteiger partial charge in [-0.25, -0.2) is 17.9 Å². The third-order valence-electron chi connectivity index (χ3n) is 2.07. The van der Waals surface area contributed by atoms with Crippen LogP contribution in [0.2, 0.25) is 10.0 Å². The normalized spacial score (nSPS) is 10.9. The fourth-order valence-electron chi connectivity index (χ4n) is 1.28. The van der Waals surface area contributed by atoms with Crippen LogP contribution in [0.25, 0.3) is 5.69 Å². The van der Waals surface area contributed by atoms with Gasteiger partial charge in [-0.15, -0.1) is 0 Å². The summed E-state index contributed by atoms with van der Waals surface area (Å²) < 4.78 is 41.1. The van der Waals surface area contributed by atoms with E-state index in [2.05, 4.69) is 5.10 Å². The number of anilines is 1. The highest BCUT2D eigenvalue weighted by Crippen LogP contribution is 2.34. The average Bonchev–Trinajstić information content (AvgIpc) is 2.71. The summed E-state index contributed by atoms with van der Waals surface area (Å²) in [6.45, 7) is 0. The highest BCUT2D eigenvalue weighted by atomic mass is 35.5. The van der Waals surface area contributed by atoms with Crippen LogP contribution >= 0.6 is 23.2 Å². The van der Waals surface area contributed by atoms with Crippen LogP contribution in [0, 0.1) is 17.5 Å². The fourth-order valence-corrected chi connectivity index (χ4v) is 1.76. The van der Waals surface area contributed by atoms with Crippen LogP contribution in [0.5, 0.6) is 0 Å². The topological polar surface area (TPSA) is 43.8 Å². The van der Waals surface area contributed by atoms with Gasteiger partial charge < -0.3 is 5.73 Å². The minimum Gasteiger partial charge on any atom is -0.384 e. The van der Waals surface area contributed by atoms with Crippen molar-refractivity contribution in [3.8, 4) is 5.69 Å². The standard InChI is InChI=1S/C9H4Cl2F3N3/c10-4-6(12)5(11)9(8(14)7(4)13)17-3(15)1-2-16-17/h1-2H,15H2. The summed E-state index contributed by atoms with van der Waals surface area (Å²) >= 11 is 10.8. The van der Waals surface area contributed by atoms with E-state index in [1.165, 1.54) is 12.3 Å². The van der Waals surface area contributed by atoms with Crippen LogP contribution in [0.3, 0.4) is 0 Å². The molecule has 0 aliphatic heterocycles. The van der Waals surface area contributed by atoms with Gasteiger partial charge in [0.25, 0.3) is 0 Å². The first-order valence-corrected chi connectivity index (χ1v) is 5.02. The SMILES string of the molecule is Nc1ccnn1-c1c(F)c(F)c(Cl)c(F)c1Cl. The Bertz CT molecular complexity index is 568.